The van der Waals surface area contributed by atoms with Crippen LogP contribution in [0.3, 0.4) is 0 Å². The van der Waals surface area contributed by atoms with Gasteiger partial charge in [-0.05, 0) is 37.6 Å². The molecule has 2 rings (SSSR count). The standard InChI is InChI=1S/C14H19FN4O/c1-3-16-10(2)13-18-19-14(20-13)17-9-8-11-4-6-12(15)7-5-11/h4-7,10,16H,3,8-9H2,1-2H3,(H,17,19). The molecule has 1 atom stereocenters. The van der Waals surface area contributed by atoms with Crippen molar-refractivity contribution in [2.75, 3.05) is 18.4 Å². The zero-order valence-electron chi connectivity index (χ0n) is 11.7. The monoisotopic (exact) mass is 278 g/mol. The van der Waals surface area contributed by atoms with E-state index in [2.05, 4.69) is 20.8 Å². The lowest BCUT2D eigenvalue weighted by atomic mass is 10.1. The van der Waals surface area contributed by atoms with Gasteiger partial charge in [-0.15, -0.1) is 5.10 Å². The summed E-state index contributed by atoms with van der Waals surface area (Å²) in [4.78, 5) is 0. The van der Waals surface area contributed by atoms with Crippen molar-refractivity contribution in [1.29, 1.82) is 0 Å². The molecule has 0 aliphatic carbocycles. The van der Waals surface area contributed by atoms with Crippen LogP contribution in [0.15, 0.2) is 28.7 Å². The number of nitrogens with zero attached hydrogens (tertiary/aromatic N) is 2. The van der Waals surface area contributed by atoms with E-state index in [0.717, 1.165) is 18.5 Å². The molecule has 20 heavy (non-hydrogen) atoms. The molecule has 1 aromatic heterocycles. The molecule has 0 saturated carbocycles. The Morgan fingerprint density at radius 1 is 1.25 bits per heavy atom. The van der Waals surface area contributed by atoms with E-state index < -0.39 is 0 Å². The molecule has 6 heteroatoms. The van der Waals surface area contributed by atoms with Gasteiger partial charge in [-0.1, -0.05) is 24.2 Å². The van der Waals surface area contributed by atoms with E-state index >= 15 is 0 Å². The van der Waals surface area contributed by atoms with E-state index in [0.29, 0.717) is 18.5 Å². The van der Waals surface area contributed by atoms with Gasteiger partial charge in [0.15, 0.2) is 0 Å². The fourth-order valence-corrected chi connectivity index (χ4v) is 1.84. The van der Waals surface area contributed by atoms with E-state index in [4.69, 9.17) is 4.42 Å². The van der Waals surface area contributed by atoms with Crippen molar-refractivity contribution >= 4 is 6.01 Å². The van der Waals surface area contributed by atoms with Gasteiger partial charge < -0.3 is 15.1 Å². The summed E-state index contributed by atoms with van der Waals surface area (Å²) in [5.74, 6) is 0.344. The van der Waals surface area contributed by atoms with Crippen LogP contribution in [0.5, 0.6) is 0 Å². The SMILES string of the molecule is CCNC(C)c1nnc(NCCc2ccc(F)cc2)o1. The first-order valence-corrected chi connectivity index (χ1v) is 6.74. The average molecular weight is 278 g/mol. The zero-order chi connectivity index (χ0) is 14.4. The Hall–Kier alpha value is -1.95. The molecule has 0 radical (unpaired) electrons. The Morgan fingerprint density at radius 3 is 2.70 bits per heavy atom. The molecule has 1 unspecified atom stereocenters. The minimum Gasteiger partial charge on any atom is -0.406 e. The van der Waals surface area contributed by atoms with Crippen LogP contribution >= 0.6 is 0 Å². The van der Waals surface area contributed by atoms with Crippen LogP contribution in [0.2, 0.25) is 0 Å². The lowest BCUT2D eigenvalue weighted by Gasteiger charge is -2.06. The fourth-order valence-electron chi connectivity index (χ4n) is 1.84. The van der Waals surface area contributed by atoms with E-state index in [1.54, 1.807) is 12.1 Å². The number of hydrogen-bond donors (Lipinski definition) is 2. The highest BCUT2D eigenvalue weighted by atomic mass is 19.1. The third kappa shape index (κ3) is 4.03. The first-order valence-electron chi connectivity index (χ1n) is 6.74. The number of benzene rings is 1. The summed E-state index contributed by atoms with van der Waals surface area (Å²) in [7, 11) is 0. The second kappa shape index (κ2) is 7.00. The van der Waals surface area contributed by atoms with Gasteiger partial charge in [-0.25, -0.2) is 4.39 Å². The number of nitrogens with one attached hydrogen (secondary N) is 2. The molecular weight excluding hydrogens is 259 g/mol. The molecule has 108 valence electrons. The van der Waals surface area contributed by atoms with Gasteiger partial charge in [0.05, 0.1) is 6.04 Å². The smallest absolute Gasteiger partial charge is 0.315 e. The predicted molar refractivity (Wildman–Crippen MR) is 75.0 cm³/mol. The summed E-state index contributed by atoms with van der Waals surface area (Å²) in [6.45, 7) is 5.49. The Kier molecular flexibility index (Phi) is 5.06. The van der Waals surface area contributed by atoms with Crippen molar-refractivity contribution in [2.24, 2.45) is 0 Å². The van der Waals surface area contributed by atoms with Crippen LogP contribution in [0, 0.1) is 5.82 Å². The molecule has 5 nitrogen and oxygen atoms in total. The van der Waals surface area contributed by atoms with Crippen LogP contribution in [-0.4, -0.2) is 23.3 Å². The van der Waals surface area contributed by atoms with Crippen molar-refractivity contribution in [2.45, 2.75) is 26.3 Å². The topological polar surface area (TPSA) is 63.0 Å². The minimum absolute atomic E-state index is 0.0418. The lowest BCUT2D eigenvalue weighted by Crippen LogP contribution is -2.17. The molecule has 0 spiro atoms. The van der Waals surface area contributed by atoms with Crippen molar-refractivity contribution in [3.63, 3.8) is 0 Å². The normalized spacial score (nSPS) is 12.3. The van der Waals surface area contributed by atoms with Crippen molar-refractivity contribution in [3.05, 3.63) is 41.5 Å². The van der Waals surface area contributed by atoms with Crippen LogP contribution < -0.4 is 10.6 Å². The molecule has 2 aromatic rings. The maximum absolute atomic E-state index is 12.8. The molecular formula is C14H19FN4O. The van der Waals surface area contributed by atoms with Gasteiger partial charge in [0.25, 0.3) is 0 Å². The molecule has 0 bridgehead atoms. The highest BCUT2D eigenvalue weighted by molar-refractivity contribution is 5.21. The van der Waals surface area contributed by atoms with Gasteiger partial charge in [0.2, 0.25) is 5.89 Å². The summed E-state index contributed by atoms with van der Waals surface area (Å²) in [6, 6.07) is 6.90. The number of halogens is 1. The Morgan fingerprint density at radius 2 is 2.00 bits per heavy atom. The maximum Gasteiger partial charge on any atom is 0.315 e. The second-order valence-corrected chi connectivity index (χ2v) is 4.53. The quantitative estimate of drug-likeness (QED) is 0.815. The van der Waals surface area contributed by atoms with Gasteiger partial charge in [-0.2, -0.15) is 0 Å². The van der Waals surface area contributed by atoms with E-state index in [1.165, 1.54) is 12.1 Å². The highest BCUT2D eigenvalue weighted by Crippen LogP contribution is 2.13. The molecule has 0 amide bonds. The van der Waals surface area contributed by atoms with E-state index in [9.17, 15) is 4.39 Å². The summed E-state index contributed by atoms with van der Waals surface area (Å²) in [5.41, 5.74) is 1.06. The van der Waals surface area contributed by atoms with Gasteiger partial charge in [0, 0.05) is 6.54 Å². The Labute approximate surface area is 117 Å². The Balaban J connectivity index is 1.81. The first kappa shape index (κ1) is 14.5. The predicted octanol–water partition coefficient (Wildman–Crippen LogP) is 2.53. The summed E-state index contributed by atoms with van der Waals surface area (Å²) in [6.07, 6.45) is 0.765. The molecule has 0 saturated heterocycles. The van der Waals surface area contributed by atoms with Crippen LogP contribution in [0.1, 0.15) is 31.3 Å². The fraction of sp³-hybridized carbons (Fsp3) is 0.429. The van der Waals surface area contributed by atoms with Gasteiger partial charge in [-0.3, -0.25) is 0 Å². The second-order valence-electron chi connectivity index (χ2n) is 4.53. The molecule has 0 aliphatic rings. The molecule has 0 fully saturated rings. The van der Waals surface area contributed by atoms with E-state index in [-0.39, 0.29) is 11.9 Å². The molecule has 1 aromatic carbocycles. The zero-order valence-corrected chi connectivity index (χ0v) is 11.7. The third-order valence-electron chi connectivity index (χ3n) is 2.92. The largest absolute Gasteiger partial charge is 0.406 e. The summed E-state index contributed by atoms with van der Waals surface area (Å²) < 4.78 is 18.3. The average Bonchev–Trinajstić information content (AvgIpc) is 2.90. The number of aromatic nitrogens is 2. The minimum atomic E-state index is -0.222. The highest BCUT2D eigenvalue weighted by Gasteiger charge is 2.12. The molecule has 2 N–H and O–H groups in total. The third-order valence-corrected chi connectivity index (χ3v) is 2.92. The van der Waals surface area contributed by atoms with Crippen LogP contribution in [0.25, 0.3) is 0 Å². The lowest BCUT2D eigenvalue weighted by molar-refractivity contribution is 0.429. The van der Waals surface area contributed by atoms with Crippen LogP contribution in [0.4, 0.5) is 10.4 Å². The van der Waals surface area contributed by atoms with Gasteiger partial charge in [0.1, 0.15) is 5.82 Å². The maximum atomic E-state index is 12.8. The molecule has 0 aliphatic heterocycles. The van der Waals surface area contributed by atoms with Crippen LogP contribution in [-0.2, 0) is 6.42 Å². The summed E-state index contributed by atoms with van der Waals surface area (Å²) >= 11 is 0. The Bertz CT molecular complexity index is 526. The van der Waals surface area contributed by atoms with Crippen molar-refractivity contribution in [1.82, 2.24) is 15.5 Å². The van der Waals surface area contributed by atoms with Crippen molar-refractivity contribution in [3.8, 4) is 0 Å². The first-order chi connectivity index (χ1) is 9.69. The van der Waals surface area contributed by atoms with Gasteiger partial charge >= 0.3 is 6.01 Å². The van der Waals surface area contributed by atoms with E-state index in [1.807, 2.05) is 13.8 Å². The number of anilines is 1. The number of hydrogen-bond acceptors (Lipinski definition) is 5. The molecule has 1 heterocycles. The summed E-state index contributed by atoms with van der Waals surface area (Å²) in [5, 5.41) is 14.2. The number of rotatable bonds is 7. The van der Waals surface area contributed by atoms with Crippen molar-refractivity contribution < 1.29 is 8.81 Å².